The summed E-state index contributed by atoms with van der Waals surface area (Å²) in [4.78, 5) is 24.3. The van der Waals surface area contributed by atoms with Gasteiger partial charge in [0.25, 0.3) is 0 Å². The van der Waals surface area contributed by atoms with Crippen molar-refractivity contribution in [2.45, 2.75) is 25.2 Å². The highest BCUT2D eigenvalue weighted by Gasteiger charge is 2.38. The minimum atomic E-state index is -5.23. The van der Waals surface area contributed by atoms with Crippen molar-refractivity contribution in [1.82, 2.24) is 5.32 Å². The molecule has 2 aromatic carbocycles. The van der Waals surface area contributed by atoms with E-state index < -0.39 is 47.9 Å². The molecular formula is C21H18F5NO4. The zero-order valence-corrected chi connectivity index (χ0v) is 16.0. The lowest BCUT2D eigenvalue weighted by Gasteiger charge is -2.18. The van der Waals surface area contributed by atoms with Gasteiger partial charge in [0.1, 0.15) is 36.5 Å². The number of ether oxygens (including phenoxy) is 2. The Balaban J connectivity index is 2.20. The molecule has 166 valence electrons. The van der Waals surface area contributed by atoms with Gasteiger partial charge in [-0.05, 0) is 23.3 Å². The Labute approximate surface area is 174 Å². The second kappa shape index (κ2) is 10.6. The molecule has 2 rings (SSSR count). The molecule has 1 unspecified atom stereocenters. The second-order valence-corrected chi connectivity index (χ2v) is 6.31. The SMILES string of the molecule is C=CCOC(=O)NC(Cc1cc(F)c(C(F)(F)F)c(F)c1)C(=O)OCc1ccccc1. The molecule has 0 aromatic heterocycles. The van der Waals surface area contributed by atoms with E-state index in [0.717, 1.165) is 0 Å². The third-order valence-corrected chi connectivity index (χ3v) is 3.96. The van der Waals surface area contributed by atoms with Crippen molar-refractivity contribution in [2.24, 2.45) is 0 Å². The first-order valence-corrected chi connectivity index (χ1v) is 8.91. The van der Waals surface area contributed by atoms with Crippen molar-refractivity contribution in [3.63, 3.8) is 0 Å². The summed E-state index contributed by atoms with van der Waals surface area (Å²) in [7, 11) is 0. The smallest absolute Gasteiger partial charge is 0.422 e. The molecule has 1 atom stereocenters. The van der Waals surface area contributed by atoms with Gasteiger partial charge in [0, 0.05) is 6.42 Å². The number of nitrogens with one attached hydrogen (secondary N) is 1. The van der Waals surface area contributed by atoms with Crippen molar-refractivity contribution >= 4 is 12.1 Å². The molecule has 0 spiro atoms. The minimum absolute atomic E-state index is 0.157. The van der Waals surface area contributed by atoms with Crippen LogP contribution >= 0.6 is 0 Å². The first kappa shape index (κ1) is 23.8. The first-order valence-electron chi connectivity index (χ1n) is 8.91. The molecule has 0 saturated heterocycles. The van der Waals surface area contributed by atoms with E-state index in [1.807, 2.05) is 0 Å². The van der Waals surface area contributed by atoms with Crippen LogP contribution in [-0.2, 0) is 33.5 Å². The van der Waals surface area contributed by atoms with Crippen molar-refractivity contribution in [2.75, 3.05) is 6.61 Å². The van der Waals surface area contributed by atoms with Crippen LogP contribution in [0.5, 0.6) is 0 Å². The summed E-state index contributed by atoms with van der Waals surface area (Å²) in [6, 6.07) is 7.93. The Bertz CT molecular complexity index is 908. The molecule has 5 nitrogen and oxygen atoms in total. The number of alkyl halides is 3. The molecule has 1 amide bonds. The van der Waals surface area contributed by atoms with E-state index in [9.17, 15) is 31.5 Å². The molecule has 31 heavy (non-hydrogen) atoms. The largest absolute Gasteiger partial charge is 0.459 e. The van der Waals surface area contributed by atoms with E-state index in [4.69, 9.17) is 9.47 Å². The first-order chi connectivity index (χ1) is 14.6. The van der Waals surface area contributed by atoms with Crippen LogP contribution in [0.4, 0.5) is 26.7 Å². The maximum absolute atomic E-state index is 13.9. The number of halogens is 5. The summed E-state index contributed by atoms with van der Waals surface area (Å²) in [6.07, 6.45) is -5.55. The van der Waals surface area contributed by atoms with E-state index >= 15 is 0 Å². The fourth-order valence-corrected chi connectivity index (χ4v) is 2.59. The number of esters is 1. The highest BCUT2D eigenvalue weighted by molar-refractivity contribution is 5.81. The molecule has 0 radical (unpaired) electrons. The Morgan fingerprint density at radius 3 is 2.19 bits per heavy atom. The van der Waals surface area contributed by atoms with E-state index in [2.05, 4.69) is 11.9 Å². The average molecular weight is 443 g/mol. The standard InChI is InChI=1S/C21H18F5NO4/c1-2-8-30-20(29)27-17(19(28)31-12-13-6-4-3-5-7-13)11-14-9-15(22)18(16(23)10-14)21(24,25)26/h2-7,9-10,17H,1,8,11-12H2,(H,27,29). The van der Waals surface area contributed by atoms with Gasteiger partial charge < -0.3 is 14.8 Å². The number of amides is 1. The van der Waals surface area contributed by atoms with Gasteiger partial charge in [-0.15, -0.1) is 0 Å². The molecule has 0 heterocycles. The summed E-state index contributed by atoms with van der Waals surface area (Å²) in [5.74, 6) is -4.65. The summed E-state index contributed by atoms with van der Waals surface area (Å²) in [5, 5.41) is 2.17. The van der Waals surface area contributed by atoms with E-state index in [-0.39, 0.29) is 18.8 Å². The molecule has 2 aromatic rings. The summed E-state index contributed by atoms with van der Waals surface area (Å²) in [5.41, 5.74) is -1.71. The maximum atomic E-state index is 13.9. The number of carbonyl (C=O) groups is 2. The second-order valence-electron chi connectivity index (χ2n) is 6.31. The maximum Gasteiger partial charge on any atom is 0.422 e. The van der Waals surface area contributed by atoms with Crippen LogP contribution in [0.1, 0.15) is 16.7 Å². The summed E-state index contributed by atoms with van der Waals surface area (Å²) >= 11 is 0. The molecule has 1 N–H and O–H groups in total. The lowest BCUT2D eigenvalue weighted by atomic mass is 10.0. The molecule has 0 fully saturated rings. The van der Waals surface area contributed by atoms with Crippen molar-refractivity contribution in [1.29, 1.82) is 0 Å². The number of benzene rings is 2. The highest BCUT2D eigenvalue weighted by Crippen LogP contribution is 2.34. The monoisotopic (exact) mass is 443 g/mol. The van der Waals surface area contributed by atoms with Crippen LogP contribution in [0.25, 0.3) is 0 Å². The summed E-state index contributed by atoms with van der Waals surface area (Å²) < 4.78 is 75.8. The molecule has 0 aliphatic rings. The Hall–Kier alpha value is -3.43. The quantitative estimate of drug-likeness (QED) is 0.369. The number of rotatable bonds is 8. The fraction of sp³-hybridized carbons (Fsp3) is 0.238. The van der Waals surface area contributed by atoms with Gasteiger partial charge in [0.2, 0.25) is 0 Å². The lowest BCUT2D eigenvalue weighted by Crippen LogP contribution is -2.43. The third kappa shape index (κ3) is 7.09. The normalized spacial score (nSPS) is 12.0. The molecule has 10 heteroatoms. The number of alkyl carbamates (subject to hydrolysis) is 1. The molecule has 0 bridgehead atoms. The zero-order valence-electron chi connectivity index (χ0n) is 16.0. The molecular weight excluding hydrogens is 425 g/mol. The highest BCUT2D eigenvalue weighted by atomic mass is 19.4. The third-order valence-electron chi connectivity index (χ3n) is 3.96. The number of hydrogen-bond donors (Lipinski definition) is 1. The van der Waals surface area contributed by atoms with Crippen LogP contribution < -0.4 is 5.32 Å². The van der Waals surface area contributed by atoms with Crippen LogP contribution in [0, 0.1) is 11.6 Å². The predicted octanol–water partition coefficient (Wildman–Crippen LogP) is 4.55. The van der Waals surface area contributed by atoms with Crippen LogP contribution in [0.15, 0.2) is 55.1 Å². The van der Waals surface area contributed by atoms with Crippen LogP contribution in [-0.4, -0.2) is 24.7 Å². The molecule has 0 aliphatic heterocycles. The van der Waals surface area contributed by atoms with Gasteiger partial charge >= 0.3 is 18.2 Å². The van der Waals surface area contributed by atoms with Crippen LogP contribution in [0.2, 0.25) is 0 Å². The fourth-order valence-electron chi connectivity index (χ4n) is 2.59. The predicted molar refractivity (Wildman–Crippen MR) is 99.8 cm³/mol. The van der Waals surface area contributed by atoms with Crippen molar-refractivity contribution < 1.29 is 41.0 Å². The van der Waals surface area contributed by atoms with Gasteiger partial charge in [-0.1, -0.05) is 43.0 Å². The van der Waals surface area contributed by atoms with Crippen molar-refractivity contribution in [3.05, 3.63) is 83.4 Å². The topological polar surface area (TPSA) is 64.6 Å². The Kier molecular flexibility index (Phi) is 8.12. The van der Waals surface area contributed by atoms with E-state index in [1.165, 1.54) is 6.08 Å². The van der Waals surface area contributed by atoms with Gasteiger partial charge in [-0.25, -0.2) is 18.4 Å². The van der Waals surface area contributed by atoms with Gasteiger partial charge in [-0.2, -0.15) is 13.2 Å². The van der Waals surface area contributed by atoms with Crippen LogP contribution in [0.3, 0.4) is 0 Å². The van der Waals surface area contributed by atoms with Gasteiger partial charge in [0.05, 0.1) is 0 Å². The number of carbonyl (C=O) groups excluding carboxylic acids is 2. The van der Waals surface area contributed by atoms with Crippen molar-refractivity contribution in [3.8, 4) is 0 Å². The average Bonchev–Trinajstić information content (AvgIpc) is 2.69. The minimum Gasteiger partial charge on any atom is -0.459 e. The van der Waals surface area contributed by atoms with E-state index in [0.29, 0.717) is 17.7 Å². The number of hydrogen-bond acceptors (Lipinski definition) is 4. The van der Waals surface area contributed by atoms with Gasteiger partial charge in [-0.3, -0.25) is 0 Å². The van der Waals surface area contributed by atoms with E-state index in [1.54, 1.807) is 30.3 Å². The van der Waals surface area contributed by atoms with Gasteiger partial charge in [0.15, 0.2) is 0 Å². The molecule has 0 aliphatic carbocycles. The summed E-state index contributed by atoms with van der Waals surface area (Å²) in [6.45, 7) is 3.02. The zero-order chi connectivity index (χ0) is 23.0. The Morgan fingerprint density at radius 1 is 1.03 bits per heavy atom. The lowest BCUT2D eigenvalue weighted by molar-refractivity contribution is -0.147. The molecule has 0 saturated carbocycles. The Morgan fingerprint density at radius 2 is 1.65 bits per heavy atom.